The molecule has 0 bridgehead atoms. The van der Waals surface area contributed by atoms with Crippen molar-refractivity contribution < 1.29 is 0 Å². The molecule has 0 amide bonds. The molecule has 2 rings (SSSR count). The van der Waals surface area contributed by atoms with Crippen LogP contribution in [0.1, 0.15) is 45.2 Å². The molecule has 1 saturated heterocycles. The average Bonchev–Trinajstić information content (AvgIpc) is 2.89. The fourth-order valence-electron chi connectivity index (χ4n) is 2.63. The normalized spacial score (nSPS) is 21.5. The molecule has 0 saturated carbocycles. The summed E-state index contributed by atoms with van der Waals surface area (Å²) in [6.07, 6.45) is 6.71. The number of piperidine rings is 1. The van der Waals surface area contributed by atoms with E-state index in [0.717, 1.165) is 13.1 Å². The number of aromatic nitrogens is 2. The van der Waals surface area contributed by atoms with E-state index in [4.69, 9.17) is 0 Å². The van der Waals surface area contributed by atoms with Crippen LogP contribution >= 0.6 is 0 Å². The van der Waals surface area contributed by atoms with Crippen molar-refractivity contribution in [2.45, 2.75) is 46.2 Å². The molecule has 4 nitrogen and oxygen atoms in total. The van der Waals surface area contributed by atoms with Gasteiger partial charge in [-0.1, -0.05) is 6.92 Å². The molecule has 1 aromatic rings. The van der Waals surface area contributed by atoms with Crippen molar-refractivity contribution in [3.63, 3.8) is 0 Å². The molecule has 1 aliphatic heterocycles. The molecule has 4 heteroatoms. The Morgan fingerprint density at radius 2 is 2.11 bits per heavy atom. The van der Waals surface area contributed by atoms with Crippen LogP contribution in [-0.2, 0) is 6.54 Å². The maximum Gasteiger partial charge on any atom is 0.0537 e. The van der Waals surface area contributed by atoms with Gasteiger partial charge in [0.25, 0.3) is 0 Å². The van der Waals surface area contributed by atoms with E-state index in [2.05, 4.69) is 49.3 Å². The standard InChI is InChI=1S/C15H28N4/c1-5-19-11-14(10-17-19)13(2)16-12-15(3)6-8-18(4)9-7-15/h10-11,13,16H,5-9,12H2,1-4H3. The molecule has 1 aliphatic rings. The summed E-state index contributed by atoms with van der Waals surface area (Å²) in [5, 5.41) is 8.04. The summed E-state index contributed by atoms with van der Waals surface area (Å²) in [6, 6.07) is 0.386. The summed E-state index contributed by atoms with van der Waals surface area (Å²) in [5.74, 6) is 0. The third-order valence-corrected chi connectivity index (χ3v) is 4.51. The van der Waals surface area contributed by atoms with E-state index in [-0.39, 0.29) is 0 Å². The smallest absolute Gasteiger partial charge is 0.0537 e. The van der Waals surface area contributed by atoms with Crippen molar-refractivity contribution >= 4 is 0 Å². The zero-order valence-electron chi connectivity index (χ0n) is 12.8. The Balaban J connectivity index is 1.84. The highest BCUT2D eigenvalue weighted by molar-refractivity contribution is 5.09. The van der Waals surface area contributed by atoms with Crippen LogP contribution < -0.4 is 5.32 Å². The number of likely N-dealkylation sites (tertiary alicyclic amines) is 1. The van der Waals surface area contributed by atoms with E-state index in [1.165, 1.54) is 31.5 Å². The maximum absolute atomic E-state index is 4.35. The summed E-state index contributed by atoms with van der Waals surface area (Å²) < 4.78 is 1.99. The van der Waals surface area contributed by atoms with Gasteiger partial charge < -0.3 is 10.2 Å². The van der Waals surface area contributed by atoms with E-state index < -0.39 is 0 Å². The molecule has 0 aromatic carbocycles. The molecular formula is C15H28N4. The van der Waals surface area contributed by atoms with E-state index in [0.29, 0.717) is 11.5 Å². The minimum atomic E-state index is 0.386. The zero-order chi connectivity index (χ0) is 13.9. The predicted octanol–water partition coefficient (Wildman–Crippen LogP) is 2.29. The maximum atomic E-state index is 4.35. The van der Waals surface area contributed by atoms with Crippen LogP contribution in [0, 0.1) is 5.41 Å². The molecule has 0 spiro atoms. The van der Waals surface area contributed by atoms with Crippen LogP contribution in [0.15, 0.2) is 12.4 Å². The lowest BCUT2D eigenvalue weighted by Gasteiger charge is -2.38. The average molecular weight is 264 g/mol. The van der Waals surface area contributed by atoms with Crippen molar-refractivity contribution in [2.75, 3.05) is 26.7 Å². The predicted molar refractivity (Wildman–Crippen MR) is 79.2 cm³/mol. The van der Waals surface area contributed by atoms with Gasteiger partial charge in [-0.3, -0.25) is 4.68 Å². The molecule has 0 aliphatic carbocycles. The van der Waals surface area contributed by atoms with Gasteiger partial charge in [0.05, 0.1) is 6.20 Å². The number of nitrogens with zero attached hydrogens (tertiary/aromatic N) is 3. The topological polar surface area (TPSA) is 33.1 Å². The van der Waals surface area contributed by atoms with E-state index in [1.54, 1.807) is 0 Å². The highest BCUT2D eigenvalue weighted by Gasteiger charge is 2.29. The van der Waals surface area contributed by atoms with E-state index in [1.807, 2.05) is 10.9 Å². The van der Waals surface area contributed by atoms with Gasteiger partial charge in [0.2, 0.25) is 0 Å². The third-order valence-electron chi connectivity index (χ3n) is 4.51. The summed E-state index contributed by atoms with van der Waals surface area (Å²) in [6.45, 7) is 11.2. The zero-order valence-corrected chi connectivity index (χ0v) is 12.8. The van der Waals surface area contributed by atoms with Crippen molar-refractivity contribution in [1.29, 1.82) is 0 Å². The van der Waals surface area contributed by atoms with Gasteiger partial charge in [-0.15, -0.1) is 0 Å². The first-order chi connectivity index (χ1) is 9.02. The Morgan fingerprint density at radius 3 is 2.68 bits per heavy atom. The molecule has 2 heterocycles. The fourth-order valence-corrected chi connectivity index (χ4v) is 2.63. The van der Waals surface area contributed by atoms with Gasteiger partial charge in [0.1, 0.15) is 0 Å². The van der Waals surface area contributed by atoms with Crippen LogP contribution in [-0.4, -0.2) is 41.4 Å². The number of hydrogen-bond donors (Lipinski definition) is 1. The minimum absolute atomic E-state index is 0.386. The first-order valence-electron chi connectivity index (χ1n) is 7.47. The molecule has 1 aromatic heterocycles. The number of nitrogens with one attached hydrogen (secondary N) is 1. The van der Waals surface area contributed by atoms with Gasteiger partial charge in [0, 0.05) is 30.9 Å². The lowest BCUT2D eigenvalue weighted by molar-refractivity contribution is 0.134. The Labute approximate surface area is 117 Å². The largest absolute Gasteiger partial charge is 0.310 e. The van der Waals surface area contributed by atoms with Crippen molar-refractivity contribution in [3.05, 3.63) is 18.0 Å². The highest BCUT2D eigenvalue weighted by Crippen LogP contribution is 2.30. The second-order valence-electron chi connectivity index (χ2n) is 6.35. The van der Waals surface area contributed by atoms with Crippen LogP contribution in [0.2, 0.25) is 0 Å². The Bertz CT molecular complexity index is 391. The lowest BCUT2D eigenvalue weighted by atomic mass is 9.80. The molecule has 1 unspecified atom stereocenters. The van der Waals surface area contributed by atoms with Crippen LogP contribution in [0.3, 0.4) is 0 Å². The molecule has 0 radical (unpaired) electrons. The summed E-state index contributed by atoms with van der Waals surface area (Å²) in [5.41, 5.74) is 1.74. The van der Waals surface area contributed by atoms with E-state index >= 15 is 0 Å². The third kappa shape index (κ3) is 3.80. The summed E-state index contributed by atoms with van der Waals surface area (Å²) in [4.78, 5) is 2.43. The van der Waals surface area contributed by atoms with Gasteiger partial charge in [-0.25, -0.2) is 0 Å². The molecule has 1 atom stereocenters. The fraction of sp³-hybridized carbons (Fsp3) is 0.800. The van der Waals surface area contributed by atoms with Gasteiger partial charge in [-0.05, 0) is 52.2 Å². The summed E-state index contributed by atoms with van der Waals surface area (Å²) >= 11 is 0. The molecule has 19 heavy (non-hydrogen) atoms. The van der Waals surface area contributed by atoms with Crippen molar-refractivity contribution in [3.8, 4) is 0 Å². The Kier molecular flexibility index (Phi) is 4.63. The van der Waals surface area contributed by atoms with Gasteiger partial charge in [-0.2, -0.15) is 5.10 Å². The van der Waals surface area contributed by atoms with Gasteiger partial charge >= 0.3 is 0 Å². The molecular weight excluding hydrogens is 236 g/mol. The second-order valence-corrected chi connectivity index (χ2v) is 6.35. The quantitative estimate of drug-likeness (QED) is 0.886. The van der Waals surface area contributed by atoms with Crippen molar-refractivity contribution in [2.24, 2.45) is 5.41 Å². The summed E-state index contributed by atoms with van der Waals surface area (Å²) in [7, 11) is 2.22. The molecule has 108 valence electrons. The van der Waals surface area contributed by atoms with Crippen LogP contribution in [0.4, 0.5) is 0 Å². The lowest BCUT2D eigenvalue weighted by Crippen LogP contribution is -2.42. The SMILES string of the molecule is CCn1cc(C(C)NCC2(C)CCN(C)CC2)cn1. The Hall–Kier alpha value is -0.870. The van der Waals surface area contributed by atoms with E-state index in [9.17, 15) is 0 Å². The minimum Gasteiger partial charge on any atom is -0.310 e. The first kappa shape index (κ1) is 14.5. The number of aryl methyl sites for hydroxylation is 1. The Morgan fingerprint density at radius 1 is 1.42 bits per heavy atom. The van der Waals surface area contributed by atoms with Gasteiger partial charge in [0.15, 0.2) is 0 Å². The van der Waals surface area contributed by atoms with Crippen molar-refractivity contribution in [1.82, 2.24) is 20.0 Å². The highest BCUT2D eigenvalue weighted by atomic mass is 15.3. The monoisotopic (exact) mass is 264 g/mol. The van der Waals surface area contributed by atoms with Crippen LogP contribution in [0.5, 0.6) is 0 Å². The number of hydrogen-bond acceptors (Lipinski definition) is 3. The van der Waals surface area contributed by atoms with Crippen LogP contribution in [0.25, 0.3) is 0 Å². The molecule has 1 fully saturated rings. The molecule has 1 N–H and O–H groups in total. The first-order valence-corrected chi connectivity index (χ1v) is 7.47. The number of rotatable bonds is 5. The second kappa shape index (κ2) is 6.06.